The maximum Gasteiger partial charge on any atom is 0.491 e. The molecule has 704 valence electrons. The second-order valence-electron chi connectivity index (χ2n) is 33.7. The van der Waals surface area contributed by atoms with Crippen LogP contribution in [-0.4, -0.2) is 35.4 Å². The van der Waals surface area contributed by atoms with Crippen LogP contribution in [0.4, 0.5) is 13.2 Å². The van der Waals surface area contributed by atoms with Gasteiger partial charge < -0.3 is 28.3 Å². The van der Waals surface area contributed by atoms with Gasteiger partial charge in [0.15, 0.2) is 5.82 Å². The van der Waals surface area contributed by atoms with E-state index in [1.54, 1.807) is 60.7 Å². The molecule has 0 aliphatic heterocycles. The van der Waals surface area contributed by atoms with Crippen LogP contribution in [0.3, 0.4) is 0 Å². The van der Waals surface area contributed by atoms with Crippen LogP contribution < -0.4 is 5.46 Å². The Hall–Kier alpha value is -18.2. The normalized spacial score (nSPS) is 10.7. The van der Waals surface area contributed by atoms with Crippen LogP contribution in [0.2, 0.25) is 0 Å². The third kappa shape index (κ3) is 19.9. The minimum Gasteiger partial charge on any atom is -0.423 e. The van der Waals surface area contributed by atoms with Crippen molar-refractivity contribution in [3.8, 4) is 116 Å². The molecular weight excluding hydrogens is 2070 g/mol. The van der Waals surface area contributed by atoms with E-state index in [1.807, 2.05) is 162 Å². The van der Waals surface area contributed by atoms with E-state index in [0.29, 0.717) is 54.7 Å². The molecule has 25 rings (SSSR count). The monoisotopic (exact) mass is 2150 g/mol. The first-order valence-corrected chi connectivity index (χ1v) is 47.3. The predicted octanol–water partition coefficient (Wildman–Crippen LogP) is 31.2. The molecule has 0 bridgehead atoms. The standard InChI is InChI=1S/C38H22N4.C26H14FN3.C20H10BrN3.C14H9N.C13H10.C7H3BrFN.C6H6BFO2.2CH4.HI/c39-23-25-20-21-37-32(22-25)30-14-4-8-19-36(30)42(37)38-26(24-40)10-9-15-31(38)29-13-3-7-18-35(29)41-33-16-5-1-11-27(33)28-12-2-6-17-34(28)41;27-23-10-3-1-7-19(23)21-9-5-6-18(16-29)26(21)30-24-11-4-2-8-20(24)22-14-17(15-28)12-13-25(22)30;21-17-6-3-4-14(12-23)20(17)24-18-7-2-1-5-15(18)16-10-13(11-22)8-9-19(16)24;15-9-10-5-6-12-8-11-3-1-2-4-13(11)14(12)7-10;1-3-7-12-10(5-1)9-11-6-2-4-8-13(11)12;8-6-3-1-2-5(4-10)7(6)9;8-6-4-2-1-3-5(6)7(9)10;;;/h1-22H;1-14H;1-10H;1-7H,8H2;1-8H,9H2;1-3H;1-4,9-10H;2*1H4;1H. The van der Waals surface area contributed by atoms with Crippen LogP contribution in [0, 0.1) is 108 Å². The van der Waals surface area contributed by atoms with Crippen LogP contribution in [0.15, 0.2) is 421 Å². The molecule has 0 radical (unpaired) electrons. The van der Waals surface area contributed by atoms with Crippen molar-refractivity contribution >= 4 is 156 Å². The minimum absolute atomic E-state index is 0. The van der Waals surface area contributed by atoms with E-state index in [9.17, 15) is 44.7 Å². The first-order valence-electron chi connectivity index (χ1n) is 45.7. The SMILES string of the molecule is C.C.I.N#Cc1ccc2c(c1)-c1ccccc1C2.N#Cc1ccc2c(c1)c1ccccc1n2-c1c(Br)cccc1C#N.N#Cc1ccc2c(c1)c1ccccc1n2-c1c(C#N)cccc1-c1ccccc1-n1c2ccccc2c2ccccc21.N#Cc1ccc2c(c1)c1ccccc1n2-c1c(C#N)cccc1-c1ccccc1F.N#Cc1cccc(Br)c1F.OB(O)c1ccccc1F.c1ccc2c(c1)Cc1ccccc1-2. The largest absolute Gasteiger partial charge is 0.491 e. The van der Waals surface area contributed by atoms with Crippen molar-refractivity contribution in [2.75, 3.05) is 0 Å². The van der Waals surface area contributed by atoms with Crippen LogP contribution in [-0.2, 0) is 12.8 Å². The molecular formula is C126H83BBr2F3IN12O2. The molecule has 0 atom stereocenters. The van der Waals surface area contributed by atoms with Crippen molar-refractivity contribution < 1.29 is 23.2 Å². The van der Waals surface area contributed by atoms with Crippen LogP contribution in [0.5, 0.6) is 0 Å². The summed E-state index contributed by atoms with van der Waals surface area (Å²) in [5, 5.41) is 101. The van der Waals surface area contributed by atoms with Gasteiger partial charge in [-0.25, -0.2) is 13.2 Å². The number of rotatable bonds is 7. The number of nitriles is 8. The van der Waals surface area contributed by atoms with Crippen molar-refractivity contribution in [3.63, 3.8) is 0 Å². The Bertz CT molecular complexity index is 9360. The minimum atomic E-state index is -1.72. The Morgan fingerprint density at radius 1 is 0.238 bits per heavy atom. The molecule has 2 N–H and O–H groups in total. The topological polar surface area (TPSA) is 250 Å². The second-order valence-corrected chi connectivity index (χ2v) is 35.5. The third-order valence-electron chi connectivity index (χ3n) is 25.6. The van der Waals surface area contributed by atoms with E-state index < -0.39 is 18.8 Å². The summed E-state index contributed by atoms with van der Waals surface area (Å²) in [4.78, 5) is 0. The van der Waals surface area contributed by atoms with Crippen molar-refractivity contribution in [2.24, 2.45) is 0 Å². The van der Waals surface area contributed by atoms with Gasteiger partial charge in [-0.2, -0.15) is 42.1 Å². The molecule has 0 amide bonds. The summed E-state index contributed by atoms with van der Waals surface area (Å²) in [5.74, 6) is -1.44. The average molecular weight is 2150 g/mol. The Morgan fingerprint density at radius 2 is 0.531 bits per heavy atom. The lowest BCUT2D eigenvalue weighted by molar-refractivity contribution is 0.423. The lowest BCUT2D eigenvalue weighted by Gasteiger charge is -2.19. The maximum atomic E-state index is 14.7. The smallest absolute Gasteiger partial charge is 0.423 e. The van der Waals surface area contributed by atoms with E-state index in [2.05, 4.69) is 252 Å². The summed E-state index contributed by atoms with van der Waals surface area (Å²) >= 11 is 6.55. The molecule has 0 fully saturated rings. The highest BCUT2D eigenvalue weighted by Crippen LogP contribution is 2.46. The Labute approximate surface area is 881 Å². The fraction of sp³-hybridized carbons (Fsp3) is 0.0317. The van der Waals surface area contributed by atoms with E-state index in [-0.39, 0.29) is 55.7 Å². The van der Waals surface area contributed by atoms with Crippen LogP contribution >= 0.6 is 55.8 Å². The summed E-state index contributed by atoms with van der Waals surface area (Å²) in [6.45, 7) is 0. The van der Waals surface area contributed by atoms with Gasteiger partial charge >= 0.3 is 7.12 Å². The summed E-state index contributed by atoms with van der Waals surface area (Å²) < 4.78 is 49.7. The summed E-state index contributed by atoms with van der Waals surface area (Å²) in [6, 6.07) is 149. The molecule has 0 spiro atoms. The fourth-order valence-corrected chi connectivity index (χ4v) is 20.1. The molecule has 4 heterocycles. The molecule has 0 saturated carbocycles. The number of nitrogens with zero attached hydrogens (tertiary/aromatic N) is 12. The zero-order valence-corrected chi connectivity index (χ0v) is 82.3. The van der Waals surface area contributed by atoms with Gasteiger partial charge in [0, 0.05) is 75.3 Å². The molecule has 0 saturated heterocycles. The van der Waals surface area contributed by atoms with Crippen molar-refractivity contribution in [1.82, 2.24) is 18.3 Å². The molecule has 2 aliphatic rings. The highest BCUT2D eigenvalue weighted by Gasteiger charge is 2.27. The van der Waals surface area contributed by atoms with Gasteiger partial charge in [0.05, 0.1) is 140 Å². The number of fused-ring (bicyclic) bond motifs is 18. The molecule has 21 heteroatoms. The fourth-order valence-electron chi connectivity index (χ4n) is 19.2. The zero-order valence-electron chi connectivity index (χ0n) is 76.8. The third-order valence-corrected chi connectivity index (χ3v) is 26.8. The van der Waals surface area contributed by atoms with E-state index in [1.165, 1.54) is 91.7 Å². The maximum absolute atomic E-state index is 14.7. The van der Waals surface area contributed by atoms with Gasteiger partial charge in [-0.05, 0) is 241 Å². The Morgan fingerprint density at radius 3 is 0.932 bits per heavy atom. The lowest BCUT2D eigenvalue weighted by atomic mass is 9.80. The molecule has 2 aliphatic carbocycles. The second kappa shape index (κ2) is 45.4. The van der Waals surface area contributed by atoms with Crippen LogP contribution in [0.1, 0.15) is 81.6 Å². The average Bonchev–Trinajstić information content (AvgIpc) is 1.59. The summed E-state index contributed by atoms with van der Waals surface area (Å²) in [7, 11) is -1.72. The van der Waals surface area contributed by atoms with Crippen molar-refractivity contribution in [2.45, 2.75) is 27.7 Å². The number of para-hydroxylation sites is 9. The molecule has 19 aromatic carbocycles. The molecule has 147 heavy (non-hydrogen) atoms. The highest BCUT2D eigenvalue weighted by molar-refractivity contribution is 14.0. The van der Waals surface area contributed by atoms with Crippen LogP contribution in [0.25, 0.3) is 154 Å². The van der Waals surface area contributed by atoms with E-state index in [0.717, 1.165) is 128 Å². The Kier molecular flexibility index (Phi) is 31.4. The molecule has 23 aromatic rings. The zero-order chi connectivity index (χ0) is 99.6. The number of halogens is 6. The van der Waals surface area contributed by atoms with Gasteiger partial charge in [0.2, 0.25) is 0 Å². The number of hydrogen-bond donors (Lipinski definition) is 2. The van der Waals surface area contributed by atoms with Gasteiger partial charge in [-0.15, -0.1) is 24.0 Å². The molecule has 0 unspecified atom stereocenters. The van der Waals surface area contributed by atoms with Gasteiger partial charge in [0.1, 0.15) is 35.9 Å². The quantitative estimate of drug-likeness (QED) is 0.113. The first-order chi connectivity index (χ1) is 70.5. The lowest BCUT2D eigenvalue weighted by Crippen LogP contribution is -2.32. The molecule has 14 nitrogen and oxygen atoms in total. The number of benzene rings is 19. The highest BCUT2D eigenvalue weighted by atomic mass is 127. The number of hydrogen-bond acceptors (Lipinski definition) is 10. The van der Waals surface area contributed by atoms with Crippen molar-refractivity contribution in [1.29, 1.82) is 42.1 Å². The first kappa shape index (κ1) is 102. The molecule has 4 aromatic heterocycles. The van der Waals surface area contributed by atoms with Crippen molar-refractivity contribution in [3.05, 3.63) is 506 Å². The predicted molar refractivity (Wildman–Crippen MR) is 602 cm³/mol. The van der Waals surface area contributed by atoms with Gasteiger partial charge in [-0.3, -0.25) is 0 Å². The number of aromatic nitrogens is 4. The van der Waals surface area contributed by atoms with Gasteiger partial charge in [0.25, 0.3) is 0 Å². The van der Waals surface area contributed by atoms with E-state index >= 15 is 0 Å². The summed E-state index contributed by atoms with van der Waals surface area (Å²) in [5.41, 5.74) is 29.4. The van der Waals surface area contributed by atoms with E-state index in [4.69, 9.17) is 20.6 Å². The van der Waals surface area contributed by atoms with Gasteiger partial charge in [-0.1, -0.05) is 276 Å². The summed E-state index contributed by atoms with van der Waals surface area (Å²) in [6.07, 6.45) is 2.10. The Balaban J connectivity index is 0.000000130.